The van der Waals surface area contributed by atoms with Gasteiger partial charge in [-0.05, 0) is 85.4 Å². The van der Waals surface area contributed by atoms with Crippen LogP contribution in [0.4, 0.5) is 0 Å². The molecule has 0 unspecified atom stereocenters. The number of fused-ring (bicyclic) bond motifs is 13. The van der Waals surface area contributed by atoms with E-state index in [0.29, 0.717) is 0 Å². The van der Waals surface area contributed by atoms with Crippen molar-refractivity contribution in [2.75, 3.05) is 0 Å². The van der Waals surface area contributed by atoms with Crippen LogP contribution in [0.25, 0.3) is 110 Å². The Balaban J connectivity index is 1.17. The van der Waals surface area contributed by atoms with Crippen molar-refractivity contribution in [3.05, 3.63) is 206 Å². The molecule has 2 nitrogen and oxygen atoms in total. The zero-order valence-electron chi connectivity index (χ0n) is 30.5. The van der Waals surface area contributed by atoms with Crippen molar-refractivity contribution in [2.45, 2.75) is 0 Å². The van der Waals surface area contributed by atoms with E-state index in [4.69, 9.17) is 0 Å². The van der Waals surface area contributed by atoms with Crippen molar-refractivity contribution in [1.82, 2.24) is 9.13 Å². The van der Waals surface area contributed by atoms with Gasteiger partial charge in [-0.15, -0.1) is 0 Å². The zero-order valence-corrected chi connectivity index (χ0v) is 30.5. The van der Waals surface area contributed by atoms with E-state index in [1.807, 2.05) is 0 Å². The summed E-state index contributed by atoms with van der Waals surface area (Å²) < 4.78 is 5.01. The standard InChI is InChI=1S/C54H34N2/c1-2-14-35(15-3-1)36-26-29-38(30-27-36)55-51-24-12-9-21-45(51)47-32-33-48-46-22-10-13-25-52(46)56(54(48)53(47)55)50-23-11-8-16-39(50)37-28-31-44-42-19-5-4-17-40(42)41-18-6-7-20-43(41)49(44)34-37/h1-34H. The van der Waals surface area contributed by atoms with E-state index >= 15 is 0 Å². The minimum Gasteiger partial charge on any atom is -0.307 e. The first-order valence-electron chi connectivity index (χ1n) is 19.4. The van der Waals surface area contributed by atoms with Crippen LogP contribution in [0, 0.1) is 0 Å². The van der Waals surface area contributed by atoms with Crippen LogP contribution in [0.3, 0.4) is 0 Å². The number of para-hydroxylation sites is 3. The molecule has 0 fully saturated rings. The highest BCUT2D eigenvalue weighted by Gasteiger charge is 2.22. The maximum Gasteiger partial charge on any atom is 0.0789 e. The average molecular weight is 711 g/mol. The molecule has 0 aliphatic heterocycles. The van der Waals surface area contributed by atoms with Gasteiger partial charge in [-0.2, -0.15) is 0 Å². The van der Waals surface area contributed by atoms with Crippen molar-refractivity contribution in [1.29, 1.82) is 0 Å². The topological polar surface area (TPSA) is 9.86 Å². The molecule has 0 bridgehead atoms. The Morgan fingerprint density at radius 1 is 0.250 bits per heavy atom. The van der Waals surface area contributed by atoms with E-state index in [2.05, 4.69) is 215 Å². The Morgan fingerprint density at radius 2 is 0.679 bits per heavy atom. The van der Waals surface area contributed by atoms with Crippen LogP contribution in [-0.4, -0.2) is 9.13 Å². The Bertz CT molecular complexity index is 3480. The molecule has 12 rings (SSSR count). The van der Waals surface area contributed by atoms with Crippen LogP contribution in [0.2, 0.25) is 0 Å². The molecule has 0 amide bonds. The molecule has 0 aliphatic rings. The van der Waals surface area contributed by atoms with Crippen LogP contribution in [0.5, 0.6) is 0 Å². The van der Waals surface area contributed by atoms with Crippen LogP contribution >= 0.6 is 0 Å². The lowest BCUT2D eigenvalue weighted by atomic mass is 9.92. The molecule has 2 aromatic heterocycles. The van der Waals surface area contributed by atoms with Gasteiger partial charge in [0.15, 0.2) is 0 Å². The third kappa shape index (κ3) is 4.44. The summed E-state index contributed by atoms with van der Waals surface area (Å²) in [6.45, 7) is 0. The summed E-state index contributed by atoms with van der Waals surface area (Å²) in [5.41, 5.74) is 11.9. The number of rotatable bonds is 4. The summed E-state index contributed by atoms with van der Waals surface area (Å²) in [4.78, 5) is 0. The molecule has 56 heavy (non-hydrogen) atoms. The fraction of sp³-hybridized carbons (Fsp3) is 0. The number of hydrogen-bond acceptors (Lipinski definition) is 0. The minimum absolute atomic E-state index is 1.14. The smallest absolute Gasteiger partial charge is 0.0789 e. The van der Waals surface area contributed by atoms with E-state index in [1.165, 1.54) is 98.2 Å². The fourth-order valence-electron chi connectivity index (χ4n) is 9.44. The molecule has 12 aromatic rings. The summed E-state index contributed by atoms with van der Waals surface area (Å²) >= 11 is 0. The largest absolute Gasteiger partial charge is 0.307 e. The van der Waals surface area contributed by atoms with E-state index in [1.54, 1.807) is 0 Å². The van der Waals surface area contributed by atoms with Gasteiger partial charge in [0, 0.05) is 32.8 Å². The molecule has 0 radical (unpaired) electrons. The van der Waals surface area contributed by atoms with Crippen LogP contribution in [-0.2, 0) is 0 Å². The first-order chi connectivity index (χ1) is 27.8. The van der Waals surface area contributed by atoms with Gasteiger partial charge in [-0.1, -0.05) is 170 Å². The molecule has 10 aromatic carbocycles. The van der Waals surface area contributed by atoms with E-state index in [0.717, 1.165) is 11.4 Å². The van der Waals surface area contributed by atoms with E-state index in [-0.39, 0.29) is 0 Å². The van der Waals surface area contributed by atoms with Gasteiger partial charge in [-0.25, -0.2) is 0 Å². The molecule has 2 heteroatoms. The Labute approximate surface area is 323 Å². The van der Waals surface area contributed by atoms with Gasteiger partial charge in [0.25, 0.3) is 0 Å². The Hall–Kier alpha value is -7.42. The van der Waals surface area contributed by atoms with Gasteiger partial charge in [0.2, 0.25) is 0 Å². The first-order valence-corrected chi connectivity index (χ1v) is 19.4. The second-order valence-electron chi connectivity index (χ2n) is 14.8. The van der Waals surface area contributed by atoms with E-state index < -0.39 is 0 Å². The highest BCUT2D eigenvalue weighted by molar-refractivity contribution is 6.26. The maximum absolute atomic E-state index is 2.53. The quantitative estimate of drug-likeness (QED) is 0.161. The number of nitrogens with zero attached hydrogens (tertiary/aromatic N) is 2. The minimum atomic E-state index is 1.14. The predicted molar refractivity (Wildman–Crippen MR) is 239 cm³/mol. The molecule has 0 atom stereocenters. The third-order valence-electron chi connectivity index (χ3n) is 11.9. The maximum atomic E-state index is 2.53. The normalized spacial score (nSPS) is 11.9. The van der Waals surface area contributed by atoms with E-state index in [9.17, 15) is 0 Å². The van der Waals surface area contributed by atoms with Crippen molar-refractivity contribution in [3.63, 3.8) is 0 Å². The second kappa shape index (κ2) is 12.0. The van der Waals surface area contributed by atoms with Crippen molar-refractivity contribution in [3.8, 4) is 33.6 Å². The number of hydrogen-bond donors (Lipinski definition) is 0. The summed E-state index contributed by atoms with van der Waals surface area (Å²) in [7, 11) is 0. The SMILES string of the molecule is c1ccc(-c2ccc(-n3c4ccccc4c4ccc5c6ccccc6n(-c6ccccc6-c6ccc7c8ccccc8c8ccccc8c7c6)c5c43)cc2)cc1. The molecule has 0 spiro atoms. The molecular weight excluding hydrogens is 677 g/mol. The number of benzene rings is 10. The molecule has 0 saturated carbocycles. The summed E-state index contributed by atoms with van der Waals surface area (Å²) in [5, 5.41) is 12.7. The lowest BCUT2D eigenvalue weighted by Gasteiger charge is -2.17. The molecule has 2 heterocycles. The lowest BCUT2D eigenvalue weighted by Crippen LogP contribution is -2.00. The summed E-state index contributed by atoms with van der Waals surface area (Å²) in [6, 6.07) is 75.7. The predicted octanol–water partition coefficient (Wildman–Crippen LogP) is 14.7. The van der Waals surface area contributed by atoms with Crippen molar-refractivity contribution in [2.24, 2.45) is 0 Å². The molecule has 0 saturated heterocycles. The zero-order chi connectivity index (χ0) is 36.7. The third-order valence-corrected chi connectivity index (χ3v) is 11.9. The summed E-state index contributed by atoms with van der Waals surface area (Å²) in [6.07, 6.45) is 0. The lowest BCUT2D eigenvalue weighted by molar-refractivity contribution is 1.15. The first kappa shape index (κ1) is 31.0. The second-order valence-corrected chi connectivity index (χ2v) is 14.8. The van der Waals surface area contributed by atoms with Gasteiger partial charge in [0.1, 0.15) is 0 Å². The number of aromatic nitrogens is 2. The van der Waals surface area contributed by atoms with Gasteiger partial charge < -0.3 is 9.13 Å². The highest BCUT2D eigenvalue weighted by Crippen LogP contribution is 2.44. The molecular formula is C54H34N2. The van der Waals surface area contributed by atoms with Crippen LogP contribution in [0.1, 0.15) is 0 Å². The molecule has 260 valence electrons. The summed E-state index contributed by atoms with van der Waals surface area (Å²) in [5.74, 6) is 0. The van der Waals surface area contributed by atoms with Crippen LogP contribution < -0.4 is 0 Å². The Morgan fingerprint density at radius 3 is 1.32 bits per heavy atom. The molecule has 0 N–H and O–H groups in total. The fourth-order valence-corrected chi connectivity index (χ4v) is 9.44. The van der Waals surface area contributed by atoms with Crippen molar-refractivity contribution >= 4 is 75.9 Å². The van der Waals surface area contributed by atoms with Crippen LogP contribution in [0.15, 0.2) is 206 Å². The monoisotopic (exact) mass is 710 g/mol. The molecule has 0 aliphatic carbocycles. The Kier molecular flexibility index (Phi) is 6.66. The van der Waals surface area contributed by atoms with Gasteiger partial charge in [0.05, 0.1) is 27.8 Å². The van der Waals surface area contributed by atoms with Gasteiger partial charge >= 0.3 is 0 Å². The highest BCUT2D eigenvalue weighted by atomic mass is 15.0. The van der Waals surface area contributed by atoms with Gasteiger partial charge in [-0.3, -0.25) is 0 Å². The van der Waals surface area contributed by atoms with Crippen molar-refractivity contribution < 1.29 is 0 Å². The average Bonchev–Trinajstić information content (AvgIpc) is 3.80.